The van der Waals surface area contributed by atoms with Gasteiger partial charge >= 0.3 is 0 Å². The van der Waals surface area contributed by atoms with Crippen LogP contribution in [0.25, 0.3) is 17.1 Å². The molecule has 0 unspecified atom stereocenters. The maximum atomic E-state index is 12.6. The summed E-state index contributed by atoms with van der Waals surface area (Å²) in [5.74, 6) is 0.206. The van der Waals surface area contributed by atoms with E-state index >= 15 is 0 Å². The van der Waals surface area contributed by atoms with E-state index in [2.05, 4.69) is 21.8 Å². The van der Waals surface area contributed by atoms with E-state index in [1.807, 2.05) is 28.8 Å². The number of carbonyl (C=O) groups excluding carboxylic acids is 1. The van der Waals surface area contributed by atoms with Gasteiger partial charge in [-0.3, -0.25) is 14.1 Å². The molecule has 0 aliphatic carbocycles. The zero-order valence-electron chi connectivity index (χ0n) is 18.4. The first-order chi connectivity index (χ1) is 16.4. The average molecular weight is 494 g/mol. The number of nitrogens with two attached hydrogens (primary N) is 1. The van der Waals surface area contributed by atoms with Crippen LogP contribution in [0.2, 0.25) is 0 Å². The zero-order valence-corrected chi connectivity index (χ0v) is 20.0. The van der Waals surface area contributed by atoms with Crippen molar-refractivity contribution in [2.75, 3.05) is 10.5 Å². The van der Waals surface area contributed by atoms with Crippen molar-refractivity contribution in [3.8, 4) is 17.1 Å². The fourth-order valence-electron chi connectivity index (χ4n) is 3.43. The summed E-state index contributed by atoms with van der Waals surface area (Å²) in [6, 6.07) is 23.0. The number of rotatable bonds is 9. The van der Waals surface area contributed by atoms with Gasteiger partial charge in [-0.2, -0.15) is 0 Å². The number of nitrogens with one attached hydrogen (secondary N) is 1. The molecule has 3 aromatic carbocycles. The Morgan fingerprint density at radius 3 is 2.32 bits per heavy atom. The van der Waals surface area contributed by atoms with Crippen molar-refractivity contribution in [2.24, 2.45) is 5.73 Å². The lowest BCUT2D eigenvalue weighted by atomic mass is 10.1. The van der Waals surface area contributed by atoms with E-state index in [1.165, 1.54) is 23.9 Å². The molecule has 0 bridgehead atoms. The minimum absolute atomic E-state index is 0.0760. The molecule has 0 saturated carbocycles. The fraction of sp³-hybridized carbons (Fsp3) is 0.125. The number of nitrogens with zero attached hydrogens (tertiary/aromatic N) is 3. The Hall–Kier alpha value is -3.63. The van der Waals surface area contributed by atoms with Gasteiger partial charge in [0.2, 0.25) is 5.91 Å². The van der Waals surface area contributed by atoms with Crippen LogP contribution in [0.3, 0.4) is 0 Å². The smallest absolute Gasteiger partial charge is 0.261 e. The average Bonchev–Trinajstić information content (AvgIpc) is 3.27. The minimum atomic E-state index is -3.69. The highest BCUT2D eigenvalue weighted by Crippen LogP contribution is 2.30. The lowest BCUT2D eigenvalue weighted by Gasteiger charge is -2.14. The van der Waals surface area contributed by atoms with Gasteiger partial charge in [-0.1, -0.05) is 55.1 Å². The van der Waals surface area contributed by atoms with Crippen LogP contribution in [-0.2, 0) is 21.2 Å². The number of primary amides is 1. The van der Waals surface area contributed by atoms with Crippen molar-refractivity contribution in [2.45, 2.75) is 23.4 Å². The van der Waals surface area contributed by atoms with Crippen molar-refractivity contribution in [1.29, 1.82) is 0 Å². The van der Waals surface area contributed by atoms with Crippen LogP contribution >= 0.6 is 11.8 Å². The molecule has 0 saturated heterocycles. The highest BCUT2D eigenvalue weighted by Gasteiger charge is 2.19. The number of anilines is 1. The number of sulfonamides is 1. The molecule has 0 aliphatic heterocycles. The van der Waals surface area contributed by atoms with Crippen molar-refractivity contribution in [3.05, 3.63) is 84.4 Å². The maximum absolute atomic E-state index is 12.6. The number of amides is 1. The molecular weight excluding hydrogens is 470 g/mol. The molecule has 1 amide bonds. The number of aryl methyl sites for hydroxylation is 1. The van der Waals surface area contributed by atoms with Crippen molar-refractivity contribution in [3.63, 3.8) is 0 Å². The Morgan fingerprint density at radius 1 is 0.971 bits per heavy atom. The van der Waals surface area contributed by atoms with Crippen LogP contribution < -0.4 is 10.5 Å². The number of benzene rings is 3. The Balaban J connectivity index is 1.70. The number of thioether (sulfide) groups is 1. The van der Waals surface area contributed by atoms with Gasteiger partial charge in [-0.15, -0.1) is 10.2 Å². The molecule has 0 spiro atoms. The van der Waals surface area contributed by atoms with E-state index in [1.54, 1.807) is 42.5 Å². The third kappa shape index (κ3) is 5.13. The van der Waals surface area contributed by atoms with Gasteiger partial charge in [-0.05, 0) is 54.4 Å². The molecule has 174 valence electrons. The van der Waals surface area contributed by atoms with E-state index in [0.29, 0.717) is 16.7 Å². The van der Waals surface area contributed by atoms with Crippen LogP contribution in [0.15, 0.2) is 88.9 Å². The first-order valence-corrected chi connectivity index (χ1v) is 13.0. The molecule has 8 nitrogen and oxygen atoms in total. The van der Waals surface area contributed by atoms with E-state index in [9.17, 15) is 13.2 Å². The lowest BCUT2D eigenvalue weighted by Crippen LogP contribution is -2.14. The van der Waals surface area contributed by atoms with Crippen LogP contribution in [0.4, 0.5) is 5.69 Å². The van der Waals surface area contributed by atoms with Gasteiger partial charge < -0.3 is 5.73 Å². The molecule has 0 fully saturated rings. The number of carbonyl (C=O) groups is 1. The third-order valence-electron chi connectivity index (χ3n) is 5.04. The van der Waals surface area contributed by atoms with Crippen LogP contribution in [0, 0.1) is 0 Å². The van der Waals surface area contributed by atoms with Crippen LogP contribution in [0.1, 0.15) is 12.5 Å². The summed E-state index contributed by atoms with van der Waals surface area (Å²) in [4.78, 5) is 11.5. The van der Waals surface area contributed by atoms with Gasteiger partial charge in [0, 0.05) is 11.3 Å². The molecule has 3 N–H and O–H groups in total. The Labute approximate surface area is 202 Å². The van der Waals surface area contributed by atoms with Gasteiger partial charge in [0.1, 0.15) is 0 Å². The molecule has 0 atom stereocenters. The van der Waals surface area contributed by atoms with Gasteiger partial charge in [-0.25, -0.2) is 8.42 Å². The van der Waals surface area contributed by atoms with Crippen molar-refractivity contribution < 1.29 is 13.2 Å². The number of aromatic nitrogens is 3. The van der Waals surface area contributed by atoms with Gasteiger partial charge in [0.15, 0.2) is 11.0 Å². The Bertz CT molecular complexity index is 1400. The van der Waals surface area contributed by atoms with E-state index in [0.717, 1.165) is 23.2 Å². The summed E-state index contributed by atoms with van der Waals surface area (Å²) in [6.07, 6.45) is 0.800. The second kappa shape index (κ2) is 10.1. The second-order valence-electron chi connectivity index (χ2n) is 7.37. The standard InChI is InChI=1S/C24H23N5O3S2/c1-2-17-8-6-7-11-21(17)29-23(26-27-24(29)33-16-22(25)30)18-12-14-19(15-13-18)28-34(31,32)20-9-4-3-5-10-20/h3-15,28H,2,16H2,1H3,(H2,25,30). The van der Waals surface area contributed by atoms with Crippen molar-refractivity contribution in [1.82, 2.24) is 14.8 Å². The van der Waals surface area contributed by atoms with Crippen LogP contribution in [0.5, 0.6) is 0 Å². The highest BCUT2D eigenvalue weighted by molar-refractivity contribution is 7.99. The summed E-state index contributed by atoms with van der Waals surface area (Å²) in [6.45, 7) is 2.06. The first kappa shape index (κ1) is 23.5. The summed E-state index contributed by atoms with van der Waals surface area (Å²) in [5, 5.41) is 9.21. The quantitative estimate of drug-likeness (QED) is 0.342. The van der Waals surface area contributed by atoms with E-state index in [4.69, 9.17) is 5.73 Å². The number of hydrogen-bond donors (Lipinski definition) is 2. The molecule has 4 aromatic rings. The van der Waals surface area contributed by atoms with Crippen molar-refractivity contribution >= 4 is 33.4 Å². The lowest BCUT2D eigenvalue weighted by molar-refractivity contribution is -0.115. The topological polar surface area (TPSA) is 120 Å². The summed E-state index contributed by atoms with van der Waals surface area (Å²) >= 11 is 1.22. The van der Waals surface area contributed by atoms with E-state index < -0.39 is 15.9 Å². The van der Waals surface area contributed by atoms with E-state index in [-0.39, 0.29) is 10.6 Å². The number of hydrogen-bond acceptors (Lipinski definition) is 6. The normalized spacial score (nSPS) is 11.3. The molecule has 0 aliphatic rings. The van der Waals surface area contributed by atoms with Crippen LogP contribution in [-0.4, -0.2) is 34.8 Å². The Morgan fingerprint density at radius 2 is 1.65 bits per heavy atom. The third-order valence-corrected chi connectivity index (χ3v) is 7.39. The molecule has 4 rings (SSSR count). The predicted octanol–water partition coefficient (Wildman–Crippen LogP) is 3.87. The van der Waals surface area contributed by atoms with Gasteiger partial charge in [0.25, 0.3) is 10.0 Å². The summed E-state index contributed by atoms with van der Waals surface area (Å²) in [5.41, 5.74) is 8.51. The zero-order chi connectivity index (χ0) is 24.1. The molecule has 10 heteroatoms. The molecule has 1 heterocycles. The van der Waals surface area contributed by atoms with Gasteiger partial charge in [0.05, 0.1) is 16.3 Å². The SMILES string of the molecule is CCc1ccccc1-n1c(SCC(N)=O)nnc1-c1ccc(NS(=O)(=O)c2ccccc2)cc1. The second-order valence-corrected chi connectivity index (χ2v) is 10.00. The predicted molar refractivity (Wildman–Crippen MR) is 133 cm³/mol. The summed E-state index contributed by atoms with van der Waals surface area (Å²) in [7, 11) is -3.69. The largest absolute Gasteiger partial charge is 0.369 e. The molecule has 34 heavy (non-hydrogen) atoms. The maximum Gasteiger partial charge on any atom is 0.261 e. The number of para-hydroxylation sites is 1. The molecule has 0 radical (unpaired) electrons. The molecule has 1 aromatic heterocycles. The molecular formula is C24H23N5O3S2. The summed E-state index contributed by atoms with van der Waals surface area (Å²) < 4.78 is 29.7. The minimum Gasteiger partial charge on any atom is -0.369 e. The highest BCUT2D eigenvalue weighted by atomic mass is 32.2. The fourth-order valence-corrected chi connectivity index (χ4v) is 5.20. The monoisotopic (exact) mass is 493 g/mol. The first-order valence-electron chi connectivity index (χ1n) is 10.5. The Kier molecular flexibility index (Phi) is 6.99.